The first kappa shape index (κ1) is 16.3. The topological polar surface area (TPSA) is 96.0 Å². The van der Waals surface area contributed by atoms with Crippen LogP contribution in [0.4, 0.5) is 8.78 Å². The second kappa shape index (κ2) is 7.58. The van der Waals surface area contributed by atoms with Crippen LogP contribution >= 0.6 is 0 Å². The van der Waals surface area contributed by atoms with E-state index in [1.165, 1.54) is 0 Å². The van der Waals surface area contributed by atoms with Crippen molar-refractivity contribution in [2.45, 2.75) is 51.0 Å². The van der Waals surface area contributed by atoms with Gasteiger partial charge >= 0.3 is 0 Å². The van der Waals surface area contributed by atoms with Crippen molar-refractivity contribution in [3.63, 3.8) is 0 Å². The fourth-order valence-electron chi connectivity index (χ4n) is 1.22. The van der Waals surface area contributed by atoms with Gasteiger partial charge in [0.1, 0.15) is 6.04 Å². The quantitative estimate of drug-likeness (QED) is 0.684. The molecule has 0 rings (SSSR count). The lowest BCUT2D eigenvalue weighted by molar-refractivity contribution is -0.124. The molecule has 7 heteroatoms. The predicted molar refractivity (Wildman–Crippen MR) is 60.4 cm³/mol. The molecule has 18 heavy (non-hydrogen) atoms. The third-order valence-electron chi connectivity index (χ3n) is 2.35. The van der Waals surface area contributed by atoms with Gasteiger partial charge in [-0.2, -0.15) is 5.26 Å². The Hall–Kier alpha value is -1.71. The summed E-state index contributed by atoms with van der Waals surface area (Å²) in [5, 5.41) is 10.9. The maximum Gasteiger partial charge on any atom is 0.249 e. The lowest BCUT2D eigenvalue weighted by Crippen LogP contribution is -2.34. The number of nitriles is 1. The molecule has 0 unspecified atom stereocenters. The average Bonchev–Trinajstić information content (AvgIpc) is 2.31. The number of hydrogen-bond donors (Lipinski definition) is 2. The number of carbonyl (C=O) groups is 2. The smallest absolute Gasteiger partial charge is 0.249 e. The predicted octanol–water partition coefficient (Wildman–Crippen LogP) is 1.09. The van der Waals surface area contributed by atoms with E-state index in [1.807, 2.05) is 6.07 Å². The van der Waals surface area contributed by atoms with E-state index < -0.39 is 43.0 Å². The Labute approximate surface area is 104 Å². The van der Waals surface area contributed by atoms with Gasteiger partial charge in [0.25, 0.3) is 0 Å². The van der Waals surface area contributed by atoms with Gasteiger partial charge in [-0.25, -0.2) is 8.78 Å². The molecule has 3 N–H and O–H groups in total. The molecule has 1 atom stereocenters. The molecule has 0 bridgehead atoms. The first-order valence-corrected chi connectivity index (χ1v) is 5.66. The Morgan fingerprint density at radius 1 is 1.39 bits per heavy atom. The molecule has 0 heterocycles. The van der Waals surface area contributed by atoms with Gasteiger partial charge in [0.2, 0.25) is 17.7 Å². The van der Waals surface area contributed by atoms with E-state index >= 15 is 0 Å². The zero-order valence-electron chi connectivity index (χ0n) is 10.2. The highest BCUT2D eigenvalue weighted by Crippen LogP contribution is 2.25. The van der Waals surface area contributed by atoms with E-state index in [0.29, 0.717) is 6.42 Å². The Balaban J connectivity index is 4.04. The third kappa shape index (κ3) is 7.54. The number of carbonyl (C=O) groups excluding carboxylic acids is 2. The highest BCUT2D eigenvalue weighted by Gasteiger charge is 2.29. The number of nitrogens with zero attached hydrogens (tertiary/aromatic N) is 1. The molecule has 0 spiro atoms. The molecule has 5 nitrogen and oxygen atoms in total. The highest BCUT2D eigenvalue weighted by atomic mass is 19.3. The fourth-order valence-corrected chi connectivity index (χ4v) is 1.22. The largest absolute Gasteiger partial charge is 0.370 e. The summed E-state index contributed by atoms with van der Waals surface area (Å²) in [4.78, 5) is 21.6. The number of halogens is 2. The summed E-state index contributed by atoms with van der Waals surface area (Å²) in [6, 6.07) is 1.18. The lowest BCUT2D eigenvalue weighted by atomic mass is 10.1. The second-order valence-corrected chi connectivity index (χ2v) is 3.98. The fraction of sp³-hybridized carbons (Fsp3) is 0.727. The van der Waals surface area contributed by atoms with Gasteiger partial charge in [-0.05, 0) is 6.42 Å². The van der Waals surface area contributed by atoms with Crippen LogP contribution < -0.4 is 11.1 Å². The molecule has 0 saturated carbocycles. The monoisotopic (exact) mass is 261 g/mol. The van der Waals surface area contributed by atoms with Gasteiger partial charge in [-0.15, -0.1) is 0 Å². The number of nitrogens with one attached hydrogen (secondary N) is 1. The summed E-state index contributed by atoms with van der Waals surface area (Å²) in [5.74, 6) is -4.49. The van der Waals surface area contributed by atoms with Gasteiger partial charge in [0.15, 0.2) is 0 Å². The van der Waals surface area contributed by atoms with Crippen LogP contribution in [-0.4, -0.2) is 23.8 Å². The van der Waals surface area contributed by atoms with E-state index in [-0.39, 0.29) is 6.42 Å². The maximum absolute atomic E-state index is 13.2. The SMILES string of the molecule is CC[C@@H](C#N)NC(=O)CCC(F)(F)CCC(N)=O. The summed E-state index contributed by atoms with van der Waals surface area (Å²) < 4.78 is 26.4. The van der Waals surface area contributed by atoms with E-state index in [9.17, 15) is 18.4 Å². The highest BCUT2D eigenvalue weighted by molar-refractivity contribution is 5.76. The second-order valence-electron chi connectivity index (χ2n) is 3.98. The standard InChI is InChI=1S/C11H17F2N3O2/c1-2-8(7-14)16-10(18)4-6-11(12,13)5-3-9(15)17/h8H,2-6H2,1H3,(H2,15,17)(H,16,18)/t8-/m0/s1. The molecular weight excluding hydrogens is 244 g/mol. The molecule has 102 valence electrons. The average molecular weight is 261 g/mol. The van der Waals surface area contributed by atoms with Gasteiger partial charge in [-0.1, -0.05) is 6.92 Å². The normalized spacial score (nSPS) is 12.6. The van der Waals surface area contributed by atoms with Crippen molar-refractivity contribution in [2.24, 2.45) is 5.73 Å². The summed E-state index contributed by atoms with van der Waals surface area (Å²) >= 11 is 0. The molecule has 0 aromatic heterocycles. The number of alkyl halides is 2. The van der Waals surface area contributed by atoms with Crippen molar-refractivity contribution in [1.29, 1.82) is 5.26 Å². The number of hydrogen-bond acceptors (Lipinski definition) is 3. The van der Waals surface area contributed by atoms with E-state index in [0.717, 1.165) is 0 Å². The van der Waals surface area contributed by atoms with Crippen LogP contribution in [0.25, 0.3) is 0 Å². The zero-order chi connectivity index (χ0) is 14.2. The molecule has 0 saturated heterocycles. The van der Waals surface area contributed by atoms with Crippen LogP contribution in [0.1, 0.15) is 39.0 Å². The zero-order valence-corrected chi connectivity index (χ0v) is 10.2. The van der Waals surface area contributed by atoms with Crippen LogP contribution in [0, 0.1) is 11.3 Å². The summed E-state index contributed by atoms with van der Waals surface area (Å²) in [7, 11) is 0. The first-order valence-electron chi connectivity index (χ1n) is 5.66. The van der Waals surface area contributed by atoms with Gasteiger partial charge in [0, 0.05) is 25.7 Å². The van der Waals surface area contributed by atoms with Gasteiger partial charge in [-0.3, -0.25) is 9.59 Å². The van der Waals surface area contributed by atoms with Crippen LogP contribution in [0.15, 0.2) is 0 Å². The Morgan fingerprint density at radius 3 is 2.39 bits per heavy atom. The molecule has 2 amide bonds. The van der Waals surface area contributed by atoms with Crippen molar-refractivity contribution >= 4 is 11.8 Å². The molecular formula is C11H17F2N3O2. The van der Waals surface area contributed by atoms with Crippen LogP contribution in [-0.2, 0) is 9.59 Å². The van der Waals surface area contributed by atoms with Crippen LogP contribution in [0.5, 0.6) is 0 Å². The molecule has 0 aliphatic carbocycles. The van der Waals surface area contributed by atoms with Crippen LogP contribution in [0.3, 0.4) is 0 Å². The van der Waals surface area contributed by atoms with Crippen molar-refractivity contribution in [2.75, 3.05) is 0 Å². The van der Waals surface area contributed by atoms with Crippen molar-refractivity contribution in [3.05, 3.63) is 0 Å². The number of rotatable bonds is 8. The maximum atomic E-state index is 13.2. The minimum atomic E-state index is -3.10. The molecule has 0 aliphatic heterocycles. The molecule has 0 radical (unpaired) electrons. The van der Waals surface area contributed by atoms with E-state index in [1.54, 1.807) is 6.92 Å². The molecule has 0 aromatic rings. The molecule has 0 aliphatic rings. The first-order chi connectivity index (χ1) is 8.30. The van der Waals surface area contributed by atoms with Crippen molar-refractivity contribution in [3.8, 4) is 6.07 Å². The number of amides is 2. The van der Waals surface area contributed by atoms with Crippen molar-refractivity contribution in [1.82, 2.24) is 5.32 Å². The van der Waals surface area contributed by atoms with E-state index in [4.69, 9.17) is 11.0 Å². The van der Waals surface area contributed by atoms with Crippen LogP contribution in [0.2, 0.25) is 0 Å². The summed E-state index contributed by atoms with van der Waals surface area (Å²) in [6.45, 7) is 1.70. The Morgan fingerprint density at radius 2 is 1.94 bits per heavy atom. The molecule has 0 aromatic carbocycles. The Bertz CT molecular complexity index is 340. The summed E-state index contributed by atoms with van der Waals surface area (Å²) in [5.41, 5.74) is 4.77. The number of primary amides is 1. The Kier molecular flexibility index (Phi) is 6.86. The van der Waals surface area contributed by atoms with Gasteiger partial charge in [0.05, 0.1) is 6.07 Å². The minimum absolute atomic E-state index is 0.385. The van der Waals surface area contributed by atoms with E-state index in [2.05, 4.69) is 5.32 Å². The van der Waals surface area contributed by atoms with Crippen molar-refractivity contribution < 1.29 is 18.4 Å². The third-order valence-corrected chi connectivity index (χ3v) is 2.35. The summed E-state index contributed by atoms with van der Waals surface area (Å²) in [6.07, 6.45) is -1.70. The number of nitrogens with two attached hydrogens (primary N) is 1. The molecule has 0 fully saturated rings. The lowest BCUT2D eigenvalue weighted by Gasteiger charge is -2.15. The van der Waals surface area contributed by atoms with Gasteiger partial charge < -0.3 is 11.1 Å². The minimum Gasteiger partial charge on any atom is -0.370 e.